The molecule has 0 heterocycles. The Balaban J connectivity index is 2.19. The van der Waals surface area contributed by atoms with Gasteiger partial charge in [0.05, 0.1) is 11.5 Å². The van der Waals surface area contributed by atoms with E-state index in [1.54, 1.807) is 30.8 Å². The zero-order valence-corrected chi connectivity index (χ0v) is 12.8. The second-order valence-corrected chi connectivity index (χ2v) is 5.66. The molecule has 21 heavy (non-hydrogen) atoms. The van der Waals surface area contributed by atoms with E-state index in [0.717, 1.165) is 23.5 Å². The molecule has 0 saturated carbocycles. The molecule has 0 aliphatic heterocycles. The fraction of sp³-hybridized carbons (Fsp3) is 0.500. The smallest absolute Gasteiger partial charge is 0.322 e. The third-order valence-electron chi connectivity index (χ3n) is 2.84. The number of carbonyl (C=O) groups is 1. The number of esters is 1. The molecule has 1 rings (SSSR count). The molecule has 6 nitrogen and oxygen atoms in total. The molecule has 1 aromatic carbocycles. The summed E-state index contributed by atoms with van der Waals surface area (Å²) in [5.74, 6) is 1.31. The number of non-ortho nitro benzene ring substituents is 1. The standard InChI is InChI=1S/C14H20N2O4S/c1-2-20-14(17)13(15)8-10-21-9-7-11-3-5-12(6-4-11)16(18)19/h3-6,13H,2,7-10,15H2,1H3. The maximum Gasteiger partial charge on any atom is 0.322 e. The number of nitrogens with zero attached hydrogens (tertiary/aromatic N) is 1. The van der Waals surface area contributed by atoms with Crippen molar-refractivity contribution >= 4 is 23.4 Å². The minimum Gasteiger partial charge on any atom is -0.465 e. The topological polar surface area (TPSA) is 95.5 Å². The number of nitrogens with two attached hydrogens (primary N) is 1. The molecule has 1 aromatic rings. The van der Waals surface area contributed by atoms with Crippen LogP contribution in [0.4, 0.5) is 5.69 Å². The van der Waals surface area contributed by atoms with Gasteiger partial charge in [-0.05, 0) is 36.8 Å². The van der Waals surface area contributed by atoms with E-state index in [0.29, 0.717) is 13.0 Å². The van der Waals surface area contributed by atoms with E-state index in [1.807, 2.05) is 0 Å². The van der Waals surface area contributed by atoms with Gasteiger partial charge in [0, 0.05) is 12.1 Å². The average Bonchev–Trinajstić information content (AvgIpc) is 2.47. The van der Waals surface area contributed by atoms with E-state index >= 15 is 0 Å². The van der Waals surface area contributed by atoms with Crippen molar-refractivity contribution in [1.82, 2.24) is 0 Å². The molecule has 0 saturated heterocycles. The van der Waals surface area contributed by atoms with Crippen molar-refractivity contribution in [3.05, 3.63) is 39.9 Å². The van der Waals surface area contributed by atoms with Crippen LogP contribution in [0.1, 0.15) is 18.9 Å². The molecular weight excluding hydrogens is 292 g/mol. The normalized spacial score (nSPS) is 11.9. The van der Waals surface area contributed by atoms with Gasteiger partial charge in [0.2, 0.25) is 0 Å². The van der Waals surface area contributed by atoms with Gasteiger partial charge in [-0.1, -0.05) is 12.1 Å². The number of nitro groups is 1. The van der Waals surface area contributed by atoms with E-state index in [1.165, 1.54) is 12.1 Å². The number of nitro benzene ring substituents is 1. The highest BCUT2D eigenvalue weighted by atomic mass is 32.2. The molecule has 0 radical (unpaired) electrons. The summed E-state index contributed by atoms with van der Waals surface area (Å²) in [6, 6.07) is 6.00. The SMILES string of the molecule is CCOC(=O)C(N)CCSCCc1ccc([N+](=O)[O-])cc1. The van der Waals surface area contributed by atoms with Crippen molar-refractivity contribution in [1.29, 1.82) is 0 Å². The lowest BCUT2D eigenvalue weighted by atomic mass is 10.1. The Morgan fingerprint density at radius 3 is 2.62 bits per heavy atom. The number of aryl methyl sites for hydroxylation is 1. The van der Waals surface area contributed by atoms with Crippen molar-refractivity contribution in [2.24, 2.45) is 5.73 Å². The first kappa shape index (κ1) is 17.5. The molecular formula is C14H20N2O4S. The summed E-state index contributed by atoms with van der Waals surface area (Å²) in [4.78, 5) is 21.4. The Labute approximate surface area is 128 Å². The minimum atomic E-state index is -0.558. The van der Waals surface area contributed by atoms with Crippen LogP contribution in [0.15, 0.2) is 24.3 Å². The van der Waals surface area contributed by atoms with E-state index < -0.39 is 11.0 Å². The number of carbonyl (C=O) groups excluding carboxylic acids is 1. The highest BCUT2D eigenvalue weighted by Crippen LogP contribution is 2.14. The molecule has 0 fully saturated rings. The van der Waals surface area contributed by atoms with Crippen LogP contribution in [-0.4, -0.2) is 35.0 Å². The number of hydrogen-bond acceptors (Lipinski definition) is 6. The highest BCUT2D eigenvalue weighted by molar-refractivity contribution is 7.99. The van der Waals surface area contributed by atoms with Gasteiger partial charge in [-0.15, -0.1) is 0 Å². The van der Waals surface area contributed by atoms with Gasteiger partial charge in [-0.25, -0.2) is 0 Å². The molecule has 1 unspecified atom stereocenters. The summed E-state index contributed by atoms with van der Waals surface area (Å²) in [6.45, 7) is 2.10. The first-order valence-corrected chi connectivity index (χ1v) is 7.93. The Bertz CT molecular complexity index is 465. The van der Waals surface area contributed by atoms with Gasteiger partial charge in [0.15, 0.2) is 0 Å². The lowest BCUT2D eigenvalue weighted by Gasteiger charge is -2.09. The first-order valence-electron chi connectivity index (χ1n) is 6.78. The van der Waals surface area contributed by atoms with Crippen LogP contribution in [-0.2, 0) is 16.0 Å². The summed E-state index contributed by atoms with van der Waals surface area (Å²) in [6.07, 6.45) is 1.42. The van der Waals surface area contributed by atoms with E-state index in [4.69, 9.17) is 10.5 Å². The number of ether oxygens (including phenoxy) is 1. The third-order valence-corrected chi connectivity index (χ3v) is 3.86. The van der Waals surface area contributed by atoms with Crippen LogP contribution in [0.3, 0.4) is 0 Å². The fourth-order valence-corrected chi connectivity index (χ4v) is 2.66. The second-order valence-electron chi connectivity index (χ2n) is 4.43. The van der Waals surface area contributed by atoms with Crippen molar-refractivity contribution in [2.45, 2.75) is 25.8 Å². The molecule has 7 heteroatoms. The summed E-state index contributed by atoms with van der Waals surface area (Å²) in [7, 11) is 0. The Hall–Kier alpha value is -1.60. The second kappa shape index (κ2) is 9.36. The summed E-state index contributed by atoms with van der Waals surface area (Å²) in [5.41, 5.74) is 6.85. The van der Waals surface area contributed by atoms with Crippen LogP contribution in [0, 0.1) is 10.1 Å². The summed E-state index contributed by atoms with van der Waals surface area (Å²) < 4.78 is 4.83. The predicted octanol–water partition coefficient (Wildman–Crippen LogP) is 2.15. The van der Waals surface area contributed by atoms with Gasteiger partial charge in [-0.2, -0.15) is 11.8 Å². The lowest BCUT2D eigenvalue weighted by molar-refractivity contribution is -0.384. The number of thioether (sulfide) groups is 1. The minimum absolute atomic E-state index is 0.104. The predicted molar refractivity (Wildman–Crippen MR) is 83.4 cm³/mol. The van der Waals surface area contributed by atoms with Crippen LogP contribution in [0.5, 0.6) is 0 Å². The third kappa shape index (κ3) is 6.59. The number of benzene rings is 1. The van der Waals surface area contributed by atoms with E-state index in [9.17, 15) is 14.9 Å². The van der Waals surface area contributed by atoms with Gasteiger partial charge in [-0.3, -0.25) is 14.9 Å². The fourth-order valence-electron chi connectivity index (χ4n) is 1.65. The van der Waals surface area contributed by atoms with E-state index in [-0.39, 0.29) is 11.7 Å². The Kier molecular flexibility index (Phi) is 7.78. The van der Waals surface area contributed by atoms with Gasteiger partial charge in [0.25, 0.3) is 5.69 Å². The van der Waals surface area contributed by atoms with Crippen molar-refractivity contribution < 1.29 is 14.5 Å². The molecule has 0 aliphatic carbocycles. The molecule has 2 N–H and O–H groups in total. The van der Waals surface area contributed by atoms with Crippen molar-refractivity contribution in [3.63, 3.8) is 0 Å². The largest absolute Gasteiger partial charge is 0.465 e. The maximum atomic E-state index is 11.3. The van der Waals surface area contributed by atoms with Gasteiger partial charge >= 0.3 is 5.97 Å². The Morgan fingerprint density at radius 2 is 2.05 bits per heavy atom. The molecule has 1 atom stereocenters. The molecule has 0 bridgehead atoms. The van der Waals surface area contributed by atoms with Crippen LogP contribution in [0.25, 0.3) is 0 Å². The Morgan fingerprint density at radius 1 is 1.38 bits per heavy atom. The summed E-state index contributed by atoms with van der Waals surface area (Å²) in [5, 5.41) is 10.5. The molecule has 0 amide bonds. The van der Waals surface area contributed by atoms with Crippen LogP contribution < -0.4 is 5.73 Å². The lowest BCUT2D eigenvalue weighted by Crippen LogP contribution is -2.32. The summed E-state index contributed by atoms with van der Waals surface area (Å²) >= 11 is 1.70. The average molecular weight is 312 g/mol. The van der Waals surface area contributed by atoms with Crippen molar-refractivity contribution in [3.8, 4) is 0 Å². The molecule has 116 valence electrons. The van der Waals surface area contributed by atoms with Crippen LogP contribution in [0.2, 0.25) is 0 Å². The quantitative estimate of drug-likeness (QED) is 0.325. The zero-order valence-electron chi connectivity index (χ0n) is 12.0. The number of rotatable bonds is 9. The monoisotopic (exact) mass is 312 g/mol. The molecule has 0 spiro atoms. The molecule has 0 aromatic heterocycles. The van der Waals surface area contributed by atoms with Crippen molar-refractivity contribution in [2.75, 3.05) is 18.1 Å². The van der Waals surface area contributed by atoms with Crippen LogP contribution >= 0.6 is 11.8 Å². The highest BCUT2D eigenvalue weighted by Gasteiger charge is 2.13. The zero-order chi connectivity index (χ0) is 15.7. The van der Waals surface area contributed by atoms with Gasteiger partial charge < -0.3 is 10.5 Å². The first-order chi connectivity index (χ1) is 10.0. The maximum absolute atomic E-state index is 11.3. The number of hydrogen-bond donors (Lipinski definition) is 1. The molecule has 0 aliphatic rings. The van der Waals surface area contributed by atoms with Gasteiger partial charge in [0.1, 0.15) is 6.04 Å². The van der Waals surface area contributed by atoms with E-state index in [2.05, 4.69) is 0 Å².